The molecule has 0 radical (unpaired) electrons. The van der Waals surface area contributed by atoms with Crippen LogP contribution in [-0.4, -0.2) is 14.6 Å². The van der Waals surface area contributed by atoms with E-state index in [0.717, 1.165) is 23.3 Å². The Labute approximate surface area is 105 Å². The Morgan fingerprint density at radius 3 is 2.72 bits per heavy atom. The Morgan fingerprint density at radius 1 is 1.22 bits per heavy atom. The maximum absolute atomic E-state index is 8.89. The molecule has 2 fully saturated rings. The summed E-state index contributed by atoms with van der Waals surface area (Å²) < 4.78 is 2.06. The smallest absolute Gasteiger partial charge is 0.162 e. The summed E-state index contributed by atoms with van der Waals surface area (Å²) in [5.41, 5.74) is 1.45. The molecule has 2 heterocycles. The van der Waals surface area contributed by atoms with Gasteiger partial charge in [0.2, 0.25) is 0 Å². The zero-order valence-corrected chi connectivity index (χ0v) is 10.1. The lowest BCUT2D eigenvalue weighted by molar-refractivity contribution is 0.480. The highest BCUT2D eigenvalue weighted by Gasteiger charge is 2.53. The fourth-order valence-electron chi connectivity index (χ4n) is 3.58. The first kappa shape index (κ1) is 10.1. The van der Waals surface area contributed by atoms with Gasteiger partial charge < -0.3 is 0 Å². The second-order valence-corrected chi connectivity index (χ2v) is 5.45. The number of hydrogen-bond donors (Lipinski definition) is 0. The molecule has 2 saturated carbocycles. The number of aromatic nitrogens is 3. The van der Waals surface area contributed by atoms with Crippen LogP contribution in [0.4, 0.5) is 0 Å². The first-order valence-corrected chi connectivity index (χ1v) is 6.63. The molecule has 4 nitrogen and oxygen atoms in total. The van der Waals surface area contributed by atoms with Gasteiger partial charge in [-0.05, 0) is 30.7 Å². The zero-order chi connectivity index (χ0) is 12.1. The van der Waals surface area contributed by atoms with Crippen LogP contribution in [0.25, 0.3) is 5.65 Å². The molecule has 2 atom stereocenters. The summed E-state index contributed by atoms with van der Waals surface area (Å²) in [5.74, 6) is 3.38. The van der Waals surface area contributed by atoms with E-state index in [9.17, 15) is 0 Å². The molecular weight excluding hydrogens is 224 g/mol. The first-order valence-electron chi connectivity index (χ1n) is 6.63. The largest absolute Gasteiger partial charge is 0.286 e. The van der Waals surface area contributed by atoms with Crippen LogP contribution in [0.15, 0.2) is 18.3 Å². The van der Waals surface area contributed by atoms with Gasteiger partial charge in [0.1, 0.15) is 5.82 Å². The molecule has 0 aromatic carbocycles. The van der Waals surface area contributed by atoms with Crippen LogP contribution in [0.3, 0.4) is 0 Å². The van der Waals surface area contributed by atoms with Gasteiger partial charge in [0.25, 0.3) is 0 Å². The lowest BCUT2D eigenvalue weighted by Gasteiger charge is -2.04. The van der Waals surface area contributed by atoms with Crippen molar-refractivity contribution in [2.75, 3.05) is 0 Å². The van der Waals surface area contributed by atoms with Crippen molar-refractivity contribution < 1.29 is 0 Å². The van der Waals surface area contributed by atoms with Crippen LogP contribution in [0.1, 0.15) is 43.0 Å². The molecule has 4 heteroatoms. The quantitative estimate of drug-likeness (QED) is 0.767. The Hall–Kier alpha value is -1.89. The predicted molar refractivity (Wildman–Crippen MR) is 65.9 cm³/mol. The van der Waals surface area contributed by atoms with Gasteiger partial charge in [0.05, 0.1) is 11.6 Å². The number of pyridine rings is 1. The van der Waals surface area contributed by atoms with E-state index in [-0.39, 0.29) is 0 Å². The highest BCUT2D eigenvalue weighted by molar-refractivity contribution is 5.46. The minimum atomic E-state index is 0.607. The number of hydrogen-bond acceptors (Lipinski definition) is 3. The summed E-state index contributed by atoms with van der Waals surface area (Å²) in [7, 11) is 0. The van der Waals surface area contributed by atoms with Gasteiger partial charge in [-0.25, -0.2) is 0 Å². The average molecular weight is 238 g/mol. The highest BCUT2D eigenvalue weighted by atomic mass is 15.3. The lowest BCUT2D eigenvalue weighted by atomic mass is 10.0. The van der Waals surface area contributed by atoms with E-state index in [0.29, 0.717) is 11.5 Å². The Balaban J connectivity index is 1.76. The molecule has 0 spiro atoms. The third-order valence-corrected chi connectivity index (χ3v) is 4.52. The standard InChI is InChI=1S/C14H14N4/c15-8-9-5-6-18-12(7-9)16-17-14(18)13-10-3-1-2-4-11(10)13/h5-7,10-11,13H,1-4H2. The van der Waals surface area contributed by atoms with E-state index in [1.54, 1.807) is 0 Å². The summed E-state index contributed by atoms with van der Waals surface area (Å²) >= 11 is 0. The van der Waals surface area contributed by atoms with Crippen molar-refractivity contribution in [2.24, 2.45) is 11.8 Å². The fraction of sp³-hybridized carbons (Fsp3) is 0.500. The van der Waals surface area contributed by atoms with Crippen LogP contribution >= 0.6 is 0 Å². The molecule has 2 aliphatic carbocycles. The third kappa shape index (κ3) is 1.30. The average Bonchev–Trinajstić information content (AvgIpc) is 3.01. The van der Waals surface area contributed by atoms with Gasteiger partial charge in [-0.15, -0.1) is 10.2 Å². The second kappa shape index (κ2) is 3.55. The van der Waals surface area contributed by atoms with Crippen molar-refractivity contribution in [2.45, 2.75) is 31.6 Å². The van der Waals surface area contributed by atoms with Gasteiger partial charge in [-0.1, -0.05) is 12.8 Å². The molecule has 2 aromatic rings. The number of nitriles is 1. The first-order chi connectivity index (χ1) is 8.88. The van der Waals surface area contributed by atoms with Crippen LogP contribution in [0.5, 0.6) is 0 Å². The highest BCUT2D eigenvalue weighted by Crippen LogP contribution is 2.60. The minimum Gasteiger partial charge on any atom is -0.286 e. The number of nitrogens with zero attached hydrogens (tertiary/aromatic N) is 4. The number of rotatable bonds is 1. The molecule has 2 aromatic heterocycles. The number of fused-ring (bicyclic) bond motifs is 2. The van der Waals surface area contributed by atoms with E-state index >= 15 is 0 Å². The summed E-state index contributed by atoms with van der Waals surface area (Å²) in [4.78, 5) is 0. The Morgan fingerprint density at radius 2 is 2.00 bits per heavy atom. The second-order valence-electron chi connectivity index (χ2n) is 5.45. The van der Waals surface area contributed by atoms with Crippen LogP contribution in [0, 0.1) is 23.2 Å². The lowest BCUT2D eigenvalue weighted by Crippen LogP contribution is -1.94. The van der Waals surface area contributed by atoms with Gasteiger partial charge >= 0.3 is 0 Å². The maximum atomic E-state index is 8.89. The van der Waals surface area contributed by atoms with Crippen molar-refractivity contribution in [3.8, 4) is 6.07 Å². The summed E-state index contributed by atoms with van der Waals surface area (Å²) in [6.07, 6.45) is 7.37. The molecular formula is C14H14N4. The summed E-state index contributed by atoms with van der Waals surface area (Å²) in [6.45, 7) is 0. The van der Waals surface area contributed by atoms with E-state index < -0.39 is 0 Å². The molecule has 4 rings (SSSR count). The van der Waals surface area contributed by atoms with Crippen molar-refractivity contribution >= 4 is 5.65 Å². The normalized spacial score (nSPS) is 29.8. The summed E-state index contributed by atoms with van der Waals surface area (Å²) in [5, 5.41) is 17.5. The van der Waals surface area contributed by atoms with E-state index in [4.69, 9.17) is 5.26 Å². The molecule has 0 amide bonds. The van der Waals surface area contributed by atoms with Crippen molar-refractivity contribution in [1.29, 1.82) is 5.26 Å². The summed E-state index contributed by atoms with van der Waals surface area (Å²) in [6, 6.07) is 5.79. The van der Waals surface area contributed by atoms with Crippen LogP contribution in [-0.2, 0) is 0 Å². The van der Waals surface area contributed by atoms with Gasteiger partial charge in [-0.2, -0.15) is 5.26 Å². The van der Waals surface area contributed by atoms with Crippen LogP contribution in [0.2, 0.25) is 0 Å². The molecule has 90 valence electrons. The molecule has 0 saturated heterocycles. The topological polar surface area (TPSA) is 54.0 Å². The zero-order valence-electron chi connectivity index (χ0n) is 10.1. The molecule has 2 unspecified atom stereocenters. The Bertz CT molecular complexity index is 639. The third-order valence-electron chi connectivity index (χ3n) is 4.52. The fourth-order valence-corrected chi connectivity index (χ4v) is 3.58. The van der Waals surface area contributed by atoms with E-state index in [2.05, 4.69) is 20.7 Å². The van der Waals surface area contributed by atoms with Crippen LogP contribution < -0.4 is 0 Å². The van der Waals surface area contributed by atoms with Crippen molar-refractivity contribution in [3.05, 3.63) is 29.7 Å². The van der Waals surface area contributed by atoms with Gasteiger partial charge in [0.15, 0.2) is 5.65 Å². The molecule has 0 aliphatic heterocycles. The van der Waals surface area contributed by atoms with Gasteiger partial charge in [-0.3, -0.25) is 4.40 Å². The molecule has 0 bridgehead atoms. The molecule has 0 N–H and O–H groups in total. The van der Waals surface area contributed by atoms with Gasteiger partial charge in [0, 0.05) is 18.2 Å². The maximum Gasteiger partial charge on any atom is 0.162 e. The molecule has 18 heavy (non-hydrogen) atoms. The predicted octanol–water partition coefficient (Wildman–Crippen LogP) is 2.50. The molecule has 2 aliphatic rings. The van der Waals surface area contributed by atoms with Crippen molar-refractivity contribution in [3.63, 3.8) is 0 Å². The monoisotopic (exact) mass is 238 g/mol. The Kier molecular flexibility index (Phi) is 1.99. The minimum absolute atomic E-state index is 0.607. The van der Waals surface area contributed by atoms with E-state index in [1.165, 1.54) is 25.7 Å². The van der Waals surface area contributed by atoms with E-state index in [1.807, 2.05) is 18.3 Å². The SMILES string of the molecule is N#Cc1ccn2c(C3C4CCCCC43)nnc2c1. The van der Waals surface area contributed by atoms with Crippen molar-refractivity contribution in [1.82, 2.24) is 14.6 Å².